The number of hydrogen-bond acceptors (Lipinski definition) is 4. The van der Waals surface area contributed by atoms with Crippen molar-refractivity contribution in [3.05, 3.63) is 47.0 Å². The van der Waals surface area contributed by atoms with Crippen molar-refractivity contribution in [1.82, 2.24) is 14.7 Å². The van der Waals surface area contributed by atoms with Crippen molar-refractivity contribution in [3.63, 3.8) is 0 Å². The van der Waals surface area contributed by atoms with Gasteiger partial charge in [-0.1, -0.05) is 6.92 Å². The molecule has 1 aliphatic carbocycles. The number of sulfone groups is 1. The molecule has 0 aliphatic heterocycles. The Bertz CT molecular complexity index is 875. The summed E-state index contributed by atoms with van der Waals surface area (Å²) in [6.45, 7) is 5.37. The van der Waals surface area contributed by atoms with Crippen LogP contribution in [0.15, 0.2) is 24.3 Å². The lowest BCUT2D eigenvalue weighted by Crippen LogP contribution is -2.37. The van der Waals surface area contributed by atoms with Crippen LogP contribution in [0, 0.1) is 5.82 Å². The van der Waals surface area contributed by atoms with Crippen molar-refractivity contribution in [2.75, 3.05) is 18.6 Å². The maximum Gasteiger partial charge on any atom is 0.148 e. The maximum atomic E-state index is 13.2. The zero-order chi connectivity index (χ0) is 18.9. The van der Waals surface area contributed by atoms with Crippen molar-refractivity contribution < 1.29 is 12.8 Å². The molecule has 0 fully saturated rings. The number of benzene rings is 1. The van der Waals surface area contributed by atoms with Gasteiger partial charge in [0, 0.05) is 24.5 Å². The highest BCUT2D eigenvalue weighted by molar-refractivity contribution is 7.90. The van der Waals surface area contributed by atoms with Gasteiger partial charge in [0.25, 0.3) is 0 Å². The summed E-state index contributed by atoms with van der Waals surface area (Å²) in [5.41, 5.74) is 4.32. The summed E-state index contributed by atoms with van der Waals surface area (Å²) < 4.78 is 38.4. The number of rotatable bonds is 7. The Labute approximate surface area is 154 Å². The van der Waals surface area contributed by atoms with Crippen LogP contribution in [0.25, 0.3) is 5.69 Å². The minimum Gasteiger partial charge on any atom is -0.294 e. The van der Waals surface area contributed by atoms with E-state index in [1.807, 2.05) is 18.5 Å². The first-order valence-corrected chi connectivity index (χ1v) is 11.1. The minimum atomic E-state index is -3.03. The van der Waals surface area contributed by atoms with Gasteiger partial charge in [0.2, 0.25) is 0 Å². The van der Waals surface area contributed by atoms with Crippen molar-refractivity contribution >= 4 is 9.84 Å². The fraction of sp³-hybridized carbons (Fsp3) is 0.526. The number of halogens is 1. The van der Waals surface area contributed by atoms with E-state index in [4.69, 9.17) is 5.10 Å². The fourth-order valence-corrected chi connectivity index (χ4v) is 4.84. The van der Waals surface area contributed by atoms with E-state index in [1.54, 1.807) is 12.1 Å². The first kappa shape index (κ1) is 19.0. The largest absolute Gasteiger partial charge is 0.294 e. The fourth-order valence-electron chi connectivity index (χ4n) is 3.75. The lowest BCUT2D eigenvalue weighted by atomic mass is 10.1. The van der Waals surface area contributed by atoms with E-state index >= 15 is 0 Å². The standard InChI is InChI=1S/C19H26FN3O2S/c1-4-22(14(2)13-26(3,24)25)12-18-17-6-5-7-19(17)23(21-18)16-10-8-15(20)9-11-16/h8-11,14H,4-7,12-13H2,1-3H3. The van der Waals surface area contributed by atoms with E-state index in [9.17, 15) is 12.8 Å². The zero-order valence-electron chi connectivity index (χ0n) is 15.6. The molecule has 2 aromatic rings. The second-order valence-electron chi connectivity index (χ2n) is 7.12. The van der Waals surface area contributed by atoms with Gasteiger partial charge in [-0.2, -0.15) is 5.10 Å². The predicted octanol–water partition coefficient (Wildman–Crippen LogP) is 2.76. The van der Waals surface area contributed by atoms with Crippen molar-refractivity contribution in [2.45, 2.75) is 45.7 Å². The van der Waals surface area contributed by atoms with Gasteiger partial charge in [0.05, 0.1) is 17.1 Å². The van der Waals surface area contributed by atoms with Gasteiger partial charge in [-0.15, -0.1) is 0 Å². The van der Waals surface area contributed by atoms with E-state index in [1.165, 1.54) is 29.6 Å². The van der Waals surface area contributed by atoms with E-state index < -0.39 is 9.84 Å². The van der Waals surface area contributed by atoms with Crippen molar-refractivity contribution in [3.8, 4) is 5.69 Å². The molecule has 1 heterocycles. The van der Waals surface area contributed by atoms with E-state index in [0.29, 0.717) is 6.54 Å². The molecule has 0 amide bonds. The monoisotopic (exact) mass is 379 g/mol. The summed E-state index contributed by atoms with van der Waals surface area (Å²) in [6, 6.07) is 6.32. The summed E-state index contributed by atoms with van der Waals surface area (Å²) >= 11 is 0. The van der Waals surface area contributed by atoms with E-state index in [0.717, 1.165) is 37.2 Å². The third-order valence-corrected chi connectivity index (χ3v) is 6.10. The van der Waals surface area contributed by atoms with E-state index in [2.05, 4.69) is 4.90 Å². The molecule has 26 heavy (non-hydrogen) atoms. The Morgan fingerprint density at radius 3 is 2.58 bits per heavy atom. The van der Waals surface area contributed by atoms with Crippen LogP contribution in [0.1, 0.15) is 37.2 Å². The molecule has 142 valence electrons. The highest BCUT2D eigenvalue weighted by Gasteiger charge is 2.26. The van der Waals surface area contributed by atoms with Crippen LogP contribution in [0.4, 0.5) is 4.39 Å². The van der Waals surface area contributed by atoms with Gasteiger partial charge in [-0.05, 0) is 62.6 Å². The molecule has 0 saturated heterocycles. The Kier molecular flexibility index (Phi) is 5.48. The van der Waals surface area contributed by atoms with Crippen LogP contribution in [0.2, 0.25) is 0 Å². The summed E-state index contributed by atoms with van der Waals surface area (Å²) in [7, 11) is -3.03. The Morgan fingerprint density at radius 1 is 1.27 bits per heavy atom. The van der Waals surface area contributed by atoms with Gasteiger partial charge in [-0.3, -0.25) is 4.90 Å². The quantitative estimate of drug-likeness (QED) is 0.742. The van der Waals surface area contributed by atoms with Gasteiger partial charge in [-0.25, -0.2) is 17.5 Å². The third-order valence-electron chi connectivity index (χ3n) is 5.01. The molecule has 1 aromatic carbocycles. The third kappa shape index (κ3) is 4.15. The van der Waals surface area contributed by atoms with Gasteiger partial charge >= 0.3 is 0 Å². The second-order valence-corrected chi connectivity index (χ2v) is 9.30. The molecule has 1 aliphatic rings. The van der Waals surface area contributed by atoms with E-state index in [-0.39, 0.29) is 17.6 Å². The van der Waals surface area contributed by atoms with Crippen LogP contribution < -0.4 is 0 Å². The molecule has 0 saturated carbocycles. The molecule has 0 radical (unpaired) electrons. The Hall–Kier alpha value is -1.73. The molecule has 7 heteroatoms. The number of nitrogens with zero attached hydrogens (tertiary/aromatic N) is 3. The smallest absolute Gasteiger partial charge is 0.148 e. The Morgan fingerprint density at radius 2 is 1.96 bits per heavy atom. The van der Waals surface area contributed by atoms with Crippen LogP contribution in [-0.2, 0) is 29.2 Å². The first-order valence-electron chi connectivity index (χ1n) is 9.06. The molecule has 5 nitrogen and oxygen atoms in total. The molecule has 0 N–H and O–H groups in total. The number of fused-ring (bicyclic) bond motifs is 1. The summed E-state index contributed by atoms with van der Waals surface area (Å²) in [5.74, 6) is -0.119. The predicted molar refractivity (Wildman–Crippen MR) is 101 cm³/mol. The maximum absolute atomic E-state index is 13.2. The lowest BCUT2D eigenvalue weighted by molar-refractivity contribution is 0.223. The normalized spacial score (nSPS) is 15.4. The number of hydrogen-bond donors (Lipinski definition) is 0. The molecule has 1 aromatic heterocycles. The lowest BCUT2D eigenvalue weighted by Gasteiger charge is -2.26. The van der Waals surface area contributed by atoms with Crippen LogP contribution in [-0.4, -0.2) is 47.7 Å². The highest BCUT2D eigenvalue weighted by atomic mass is 32.2. The van der Waals surface area contributed by atoms with Crippen LogP contribution in [0.3, 0.4) is 0 Å². The molecule has 3 rings (SSSR count). The highest BCUT2D eigenvalue weighted by Crippen LogP contribution is 2.29. The Balaban J connectivity index is 1.88. The average molecular weight is 380 g/mol. The topological polar surface area (TPSA) is 55.2 Å². The molecular formula is C19H26FN3O2S. The summed E-state index contributed by atoms with van der Waals surface area (Å²) in [5, 5.41) is 4.80. The molecule has 1 atom stereocenters. The minimum absolute atomic E-state index is 0.0666. The summed E-state index contributed by atoms with van der Waals surface area (Å²) in [6.07, 6.45) is 4.32. The van der Waals surface area contributed by atoms with Gasteiger partial charge < -0.3 is 0 Å². The van der Waals surface area contributed by atoms with Crippen LogP contribution in [0.5, 0.6) is 0 Å². The van der Waals surface area contributed by atoms with Crippen molar-refractivity contribution in [2.24, 2.45) is 0 Å². The van der Waals surface area contributed by atoms with Crippen molar-refractivity contribution in [1.29, 1.82) is 0 Å². The van der Waals surface area contributed by atoms with Gasteiger partial charge in [0.1, 0.15) is 15.7 Å². The van der Waals surface area contributed by atoms with Crippen LogP contribution >= 0.6 is 0 Å². The molecular weight excluding hydrogens is 353 g/mol. The number of aromatic nitrogens is 2. The first-order chi connectivity index (χ1) is 12.3. The zero-order valence-corrected chi connectivity index (χ0v) is 16.4. The van der Waals surface area contributed by atoms with Gasteiger partial charge in [0.15, 0.2) is 0 Å². The SMILES string of the molecule is CCN(Cc1nn(-c2ccc(F)cc2)c2c1CCC2)C(C)CS(C)(=O)=O. The summed E-state index contributed by atoms with van der Waals surface area (Å²) in [4.78, 5) is 2.15. The second kappa shape index (κ2) is 7.48. The molecule has 0 spiro atoms. The molecule has 1 unspecified atom stereocenters. The average Bonchev–Trinajstić information content (AvgIpc) is 3.15. The molecule has 0 bridgehead atoms.